The van der Waals surface area contributed by atoms with Gasteiger partial charge in [0, 0.05) is 5.69 Å². The maximum absolute atomic E-state index is 12.3. The summed E-state index contributed by atoms with van der Waals surface area (Å²) in [6.07, 6.45) is 1.60. The van der Waals surface area contributed by atoms with Gasteiger partial charge in [-0.3, -0.25) is 4.79 Å². The molecule has 0 saturated carbocycles. The number of amides is 1. The van der Waals surface area contributed by atoms with Crippen LogP contribution in [0.5, 0.6) is 0 Å². The van der Waals surface area contributed by atoms with E-state index in [9.17, 15) is 10.1 Å². The van der Waals surface area contributed by atoms with Gasteiger partial charge in [0.05, 0.1) is 0 Å². The second kappa shape index (κ2) is 6.73. The zero-order valence-corrected chi connectivity index (χ0v) is 13.0. The number of anilines is 1. The lowest BCUT2D eigenvalue weighted by atomic mass is 10.1. The van der Waals surface area contributed by atoms with E-state index >= 15 is 0 Å². The number of benzene rings is 2. The van der Waals surface area contributed by atoms with Crippen LogP contribution in [0.3, 0.4) is 0 Å². The van der Waals surface area contributed by atoms with Gasteiger partial charge in [-0.2, -0.15) is 5.26 Å². The molecule has 0 radical (unpaired) electrons. The molecule has 1 amide bonds. The number of nitriles is 1. The highest BCUT2D eigenvalue weighted by molar-refractivity contribution is 6.10. The van der Waals surface area contributed by atoms with Crippen LogP contribution in [0.15, 0.2) is 48.0 Å². The predicted molar refractivity (Wildman–Crippen MR) is 89.3 cm³/mol. The number of carbonyl (C=O) groups excluding carboxylic acids is 1. The molecule has 0 aliphatic heterocycles. The van der Waals surface area contributed by atoms with E-state index in [4.69, 9.17) is 0 Å². The van der Waals surface area contributed by atoms with Crippen molar-refractivity contribution in [3.05, 3.63) is 70.3 Å². The number of carbonyl (C=O) groups is 1. The van der Waals surface area contributed by atoms with E-state index in [0.29, 0.717) is 0 Å². The summed E-state index contributed by atoms with van der Waals surface area (Å²) >= 11 is 0. The molecule has 0 atom stereocenters. The molecule has 0 aromatic heterocycles. The quantitative estimate of drug-likeness (QED) is 0.681. The van der Waals surface area contributed by atoms with Crippen molar-refractivity contribution in [3.8, 4) is 6.07 Å². The average Bonchev–Trinajstić information content (AvgIpc) is 2.51. The van der Waals surface area contributed by atoms with Crippen molar-refractivity contribution < 1.29 is 4.79 Å². The number of rotatable bonds is 3. The smallest absolute Gasteiger partial charge is 0.266 e. The van der Waals surface area contributed by atoms with Gasteiger partial charge < -0.3 is 5.32 Å². The molecule has 0 unspecified atom stereocenters. The lowest BCUT2D eigenvalue weighted by Gasteiger charge is -2.09. The Balaban J connectivity index is 2.24. The Morgan fingerprint density at radius 2 is 1.77 bits per heavy atom. The first-order valence-corrected chi connectivity index (χ1v) is 7.07. The Hall–Kier alpha value is -2.86. The second-order valence-corrected chi connectivity index (χ2v) is 5.28. The largest absolute Gasteiger partial charge is 0.321 e. The summed E-state index contributed by atoms with van der Waals surface area (Å²) in [4.78, 5) is 12.3. The molecule has 2 aromatic rings. The first-order valence-electron chi connectivity index (χ1n) is 7.07. The molecule has 0 aliphatic rings. The highest BCUT2D eigenvalue weighted by Gasteiger charge is 2.11. The third-order valence-electron chi connectivity index (χ3n) is 3.61. The van der Waals surface area contributed by atoms with Crippen molar-refractivity contribution in [3.63, 3.8) is 0 Å². The molecule has 0 spiro atoms. The average molecular weight is 290 g/mol. The highest BCUT2D eigenvalue weighted by Crippen LogP contribution is 2.19. The number of nitrogens with one attached hydrogen (secondary N) is 1. The molecule has 2 aromatic carbocycles. The van der Waals surface area contributed by atoms with Gasteiger partial charge in [-0.25, -0.2) is 0 Å². The number of hydrogen-bond donors (Lipinski definition) is 1. The Morgan fingerprint density at radius 1 is 1.09 bits per heavy atom. The zero-order chi connectivity index (χ0) is 16.1. The van der Waals surface area contributed by atoms with E-state index in [1.807, 2.05) is 69.3 Å². The molecule has 0 bridgehead atoms. The van der Waals surface area contributed by atoms with Gasteiger partial charge in [-0.15, -0.1) is 0 Å². The molecular formula is C19H18N2O. The van der Waals surface area contributed by atoms with Crippen LogP contribution >= 0.6 is 0 Å². The van der Waals surface area contributed by atoms with Gasteiger partial charge >= 0.3 is 0 Å². The zero-order valence-electron chi connectivity index (χ0n) is 13.0. The monoisotopic (exact) mass is 290 g/mol. The summed E-state index contributed by atoms with van der Waals surface area (Å²) in [5, 5.41) is 12.0. The Morgan fingerprint density at radius 3 is 2.41 bits per heavy atom. The van der Waals surface area contributed by atoms with E-state index < -0.39 is 5.91 Å². The van der Waals surface area contributed by atoms with Crippen LogP contribution in [-0.4, -0.2) is 5.91 Å². The lowest BCUT2D eigenvalue weighted by Crippen LogP contribution is -2.14. The third kappa shape index (κ3) is 3.62. The summed E-state index contributed by atoms with van der Waals surface area (Å²) < 4.78 is 0. The fraction of sp³-hybridized carbons (Fsp3) is 0.158. The summed E-state index contributed by atoms with van der Waals surface area (Å²) in [5.74, 6) is -0.392. The van der Waals surface area contributed by atoms with Gasteiger partial charge in [-0.05, 0) is 49.6 Å². The second-order valence-electron chi connectivity index (χ2n) is 5.28. The molecule has 0 fully saturated rings. The topological polar surface area (TPSA) is 52.9 Å². The van der Waals surface area contributed by atoms with E-state index in [2.05, 4.69) is 5.32 Å². The molecule has 2 rings (SSSR count). The van der Waals surface area contributed by atoms with Crippen molar-refractivity contribution in [1.29, 1.82) is 5.26 Å². The van der Waals surface area contributed by atoms with Crippen molar-refractivity contribution in [2.45, 2.75) is 20.8 Å². The van der Waals surface area contributed by atoms with Crippen LogP contribution in [0.4, 0.5) is 5.69 Å². The predicted octanol–water partition coefficient (Wildman–Crippen LogP) is 4.16. The first kappa shape index (κ1) is 15.5. The standard InChI is InChI=1S/C19H18N2O/c1-13-7-9-16(10-8-13)11-17(12-20)19(22)21-18-6-4-5-14(2)15(18)3/h4-11H,1-3H3,(H,21,22)/b17-11-. The van der Waals surface area contributed by atoms with Crippen LogP contribution < -0.4 is 5.32 Å². The van der Waals surface area contributed by atoms with Gasteiger partial charge in [-0.1, -0.05) is 42.0 Å². The van der Waals surface area contributed by atoms with Crippen molar-refractivity contribution >= 4 is 17.7 Å². The fourth-order valence-electron chi connectivity index (χ4n) is 2.05. The highest BCUT2D eigenvalue weighted by atomic mass is 16.1. The number of aryl methyl sites for hydroxylation is 2. The molecule has 3 nitrogen and oxygen atoms in total. The maximum Gasteiger partial charge on any atom is 0.266 e. The molecule has 22 heavy (non-hydrogen) atoms. The maximum atomic E-state index is 12.3. The summed E-state index contributed by atoms with van der Waals surface area (Å²) in [7, 11) is 0. The fourth-order valence-corrected chi connectivity index (χ4v) is 2.05. The molecule has 0 aliphatic carbocycles. The minimum atomic E-state index is -0.392. The minimum Gasteiger partial charge on any atom is -0.321 e. The van der Waals surface area contributed by atoms with E-state index in [0.717, 1.165) is 27.9 Å². The van der Waals surface area contributed by atoms with Crippen molar-refractivity contribution in [2.75, 3.05) is 5.32 Å². The van der Waals surface area contributed by atoms with E-state index in [1.54, 1.807) is 6.08 Å². The van der Waals surface area contributed by atoms with Crippen molar-refractivity contribution in [1.82, 2.24) is 0 Å². The van der Waals surface area contributed by atoms with E-state index in [-0.39, 0.29) is 5.57 Å². The molecule has 0 heterocycles. The summed E-state index contributed by atoms with van der Waals surface area (Å²) in [6.45, 7) is 5.92. The van der Waals surface area contributed by atoms with Crippen LogP contribution in [0.2, 0.25) is 0 Å². The van der Waals surface area contributed by atoms with Crippen LogP contribution in [-0.2, 0) is 4.79 Å². The Kier molecular flexibility index (Phi) is 4.75. The van der Waals surface area contributed by atoms with Gasteiger partial charge in [0.25, 0.3) is 5.91 Å². The SMILES string of the molecule is Cc1ccc(/C=C(/C#N)C(=O)Nc2cccc(C)c2C)cc1. The molecule has 110 valence electrons. The lowest BCUT2D eigenvalue weighted by molar-refractivity contribution is -0.112. The summed E-state index contributed by atoms with van der Waals surface area (Å²) in [6, 6.07) is 15.3. The van der Waals surface area contributed by atoms with Gasteiger partial charge in [0.1, 0.15) is 11.6 Å². The third-order valence-corrected chi connectivity index (χ3v) is 3.61. The Labute approximate surface area is 130 Å². The van der Waals surface area contributed by atoms with E-state index in [1.165, 1.54) is 0 Å². The molecular weight excluding hydrogens is 272 g/mol. The van der Waals surface area contributed by atoms with Crippen molar-refractivity contribution in [2.24, 2.45) is 0 Å². The van der Waals surface area contributed by atoms with Gasteiger partial charge in [0.2, 0.25) is 0 Å². The minimum absolute atomic E-state index is 0.0877. The normalized spacial score (nSPS) is 10.9. The summed E-state index contributed by atoms with van der Waals surface area (Å²) in [5.41, 5.74) is 4.89. The Bertz CT molecular complexity index is 765. The molecule has 3 heteroatoms. The van der Waals surface area contributed by atoms with Crippen LogP contribution in [0, 0.1) is 32.1 Å². The van der Waals surface area contributed by atoms with Gasteiger partial charge in [0.15, 0.2) is 0 Å². The molecule has 1 N–H and O–H groups in total. The number of nitrogens with zero attached hydrogens (tertiary/aromatic N) is 1. The van der Waals surface area contributed by atoms with Crippen LogP contribution in [0.1, 0.15) is 22.3 Å². The first-order chi connectivity index (χ1) is 10.5. The van der Waals surface area contributed by atoms with Crippen LogP contribution in [0.25, 0.3) is 6.08 Å². The number of hydrogen-bond acceptors (Lipinski definition) is 2. The molecule has 0 saturated heterocycles.